The summed E-state index contributed by atoms with van der Waals surface area (Å²) in [5, 5.41) is 31.9. The summed E-state index contributed by atoms with van der Waals surface area (Å²) < 4.78 is 0.531. The monoisotopic (exact) mass is 646 g/mol. The summed E-state index contributed by atoms with van der Waals surface area (Å²) in [6.07, 6.45) is 1.58. The van der Waals surface area contributed by atoms with Crippen molar-refractivity contribution in [1.29, 1.82) is 5.26 Å². The average molecular weight is 648 g/mol. The molecule has 0 spiro atoms. The summed E-state index contributed by atoms with van der Waals surface area (Å²) in [6.45, 7) is 6.00. The van der Waals surface area contributed by atoms with Gasteiger partial charge in [-0.05, 0) is 36.0 Å². The van der Waals surface area contributed by atoms with E-state index in [1.54, 1.807) is 23.1 Å². The number of hydrogen-bond acceptors (Lipinski definition) is 12. The Labute approximate surface area is 258 Å². The Hall–Kier alpha value is -3.02. The number of aryl methyl sites for hydroxylation is 1. The maximum atomic E-state index is 13.7. The number of carbonyl (C=O) groups is 2. The molecule has 2 aliphatic rings. The molecule has 0 fully saturated rings. The van der Waals surface area contributed by atoms with Crippen LogP contribution in [0.15, 0.2) is 45.2 Å². The third kappa shape index (κ3) is 5.98. The van der Waals surface area contributed by atoms with Gasteiger partial charge in [0.05, 0.1) is 33.4 Å². The lowest BCUT2D eigenvalue weighted by atomic mass is 9.69. The zero-order chi connectivity index (χ0) is 29.5. The first-order chi connectivity index (χ1) is 19.5. The highest BCUT2D eigenvalue weighted by molar-refractivity contribution is 8.01. The number of ketones is 1. The molecule has 1 atom stereocenters. The van der Waals surface area contributed by atoms with Crippen molar-refractivity contribution in [1.82, 2.24) is 20.4 Å². The minimum Gasteiger partial charge on any atom is -0.384 e. The molecule has 0 radical (unpaired) electrons. The number of nitrogens with one attached hydrogen (secondary N) is 1. The number of nitrogens with zero attached hydrogens (tertiary/aromatic N) is 6. The lowest BCUT2D eigenvalue weighted by Crippen LogP contribution is -2.42. The zero-order valence-corrected chi connectivity index (χ0v) is 26.2. The number of aromatic nitrogens is 4. The molecule has 3 N–H and O–H groups in total. The Bertz CT molecular complexity index is 1660. The van der Waals surface area contributed by atoms with Crippen molar-refractivity contribution in [3.63, 3.8) is 0 Å². The fourth-order valence-electron chi connectivity index (χ4n) is 4.83. The van der Waals surface area contributed by atoms with Crippen LogP contribution in [0, 0.1) is 16.7 Å². The number of halogens is 2. The Morgan fingerprint density at radius 1 is 1.22 bits per heavy atom. The van der Waals surface area contributed by atoms with Gasteiger partial charge in [0.25, 0.3) is 0 Å². The molecule has 1 unspecified atom stereocenters. The molecule has 15 heteroatoms. The van der Waals surface area contributed by atoms with Gasteiger partial charge in [-0.15, -0.1) is 20.4 Å². The van der Waals surface area contributed by atoms with E-state index in [0.29, 0.717) is 54.3 Å². The second-order valence-corrected chi connectivity index (χ2v) is 14.3. The topological polar surface area (TPSA) is 151 Å². The van der Waals surface area contributed by atoms with Gasteiger partial charge >= 0.3 is 0 Å². The van der Waals surface area contributed by atoms with Crippen LogP contribution in [0.25, 0.3) is 0 Å². The second kappa shape index (κ2) is 11.7. The van der Waals surface area contributed by atoms with Gasteiger partial charge in [0, 0.05) is 17.7 Å². The molecule has 41 heavy (non-hydrogen) atoms. The summed E-state index contributed by atoms with van der Waals surface area (Å²) >= 11 is 16.2. The van der Waals surface area contributed by atoms with Gasteiger partial charge in [-0.1, -0.05) is 84.5 Å². The van der Waals surface area contributed by atoms with Gasteiger partial charge in [0.1, 0.15) is 10.8 Å². The quantitative estimate of drug-likeness (QED) is 0.295. The van der Waals surface area contributed by atoms with Gasteiger partial charge in [0.2, 0.25) is 16.2 Å². The second-order valence-electron chi connectivity index (χ2n) is 10.2. The van der Waals surface area contributed by atoms with Gasteiger partial charge in [-0.3, -0.25) is 19.8 Å². The smallest absolute Gasteiger partial charge is 0.236 e. The van der Waals surface area contributed by atoms with E-state index in [9.17, 15) is 14.9 Å². The molecular weight excluding hydrogens is 623 g/mol. The average Bonchev–Trinajstić information content (AvgIpc) is 3.57. The lowest BCUT2D eigenvalue weighted by molar-refractivity contribution is -0.118. The van der Waals surface area contributed by atoms with E-state index in [1.807, 2.05) is 20.8 Å². The molecule has 1 aliphatic heterocycles. The molecule has 1 amide bonds. The number of amides is 1. The third-order valence-corrected chi connectivity index (χ3v) is 10.4. The van der Waals surface area contributed by atoms with Crippen LogP contribution in [0.4, 0.5) is 10.3 Å². The van der Waals surface area contributed by atoms with E-state index in [0.717, 1.165) is 11.4 Å². The SMILES string of the molecule is CCc1nnc(NC(=O)CSc2nnc(N3C(N)=C(C#N)C(c4ccc(Cl)c(Cl)c4)C4=C3CC(C)(C)CC4=O)s2)s1. The molecule has 3 heterocycles. The number of nitrogens with two attached hydrogens (primary N) is 1. The van der Waals surface area contributed by atoms with Crippen molar-refractivity contribution in [3.05, 3.63) is 61.5 Å². The Kier molecular flexibility index (Phi) is 8.41. The Balaban J connectivity index is 1.47. The zero-order valence-electron chi connectivity index (χ0n) is 22.2. The number of Topliss-reactive ketones (excluding diaryl/α,β-unsaturated/α-hetero) is 1. The lowest BCUT2D eigenvalue weighted by Gasteiger charge is -2.42. The number of thioether (sulfide) groups is 1. The Morgan fingerprint density at radius 2 is 2.00 bits per heavy atom. The van der Waals surface area contributed by atoms with Crippen LogP contribution in [0.5, 0.6) is 0 Å². The molecule has 5 rings (SSSR count). The maximum Gasteiger partial charge on any atom is 0.236 e. The normalized spacial score (nSPS) is 18.4. The fraction of sp³-hybridized carbons (Fsp3) is 0.346. The van der Waals surface area contributed by atoms with Crippen LogP contribution in [0.1, 0.15) is 50.1 Å². The highest BCUT2D eigenvalue weighted by atomic mass is 35.5. The number of benzene rings is 1. The number of rotatable bonds is 7. The van der Waals surface area contributed by atoms with Crippen molar-refractivity contribution < 1.29 is 9.59 Å². The van der Waals surface area contributed by atoms with Crippen molar-refractivity contribution in [2.75, 3.05) is 16.0 Å². The van der Waals surface area contributed by atoms with E-state index in [2.05, 4.69) is 31.8 Å². The first-order valence-corrected chi connectivity index (χ1v) is 15.9. The molecule has 3 aromatic rings. The summed E-state index contributed by atoms with van der Waals surface area (Å²) in [5.74, 6) is -0.756. The molecule has 2 aromatic heterocycles. The Morgan fingerprint density at radius 3 is 2.68 bits per heavy atom. The predicted octanol–water partition coefficient (Wildman–Crippen LogP) is 5.93. The van der Waals surface area contributed by atoms with Gasteiger partial charge < -0.3 is 5.73 Å². The number of hydrogen-bond donors (Lipinski definition) is 2. The minimum atomic E-state index is -0.691. The van der Waals surface area contributed by atoms with Crippen molar-refractivity contribution >= 4 is 79.6 Å². The summed E-state index contributed by atoms with van der Waals surface area (Å²) in [5.41, 5.74) is 8.35. The molecular formula is C26H24Cl2N8O2S3. The highest BCUT2D eigenvalue weighted by Crippen LogP contribution is 2.51. The number of carbonyl (C=O) groups excluding carboxylic acids is 2. The van der Waals surface area contributed by atoms with Gasteiger partial charge in [-0.2, -0.15) is 5.26 Å². The number of allylic oxidation sites excluding steroid dienone is 3. The molecule has 10 nitrogen and oxygen atoms in total. The maximum absolute atomic E-state index is 13.7. The number of nitriles is 1. The number of anilines is 2. The third-order valence-electron chi connectivity index (χ3n) is 6.59. The van der Waals surface area contributed by atoms with E-state index in [-0.39, 0.29) is 34.3 Å². The summed E-state index contributed by atoms with van der Waals surface area (Å²) in [7, 11) is 0. The van der Waals surface area contributed by atoms with Crippen LogP contribution in [-0.2, 0) is 16.0 Å². The largest absolute Gasteiger partial charge is 0.384 e. The van der Waals surface area contributed by atoms with E-state index < -0.39 is 5.92 Å². The van der Waals surface area contributed by atoms with Crippen molar-refractivity contribution in [2.24, 2.45) is 11.1 Å². The van der Waals surface area contributed by atoms with E-state index in [1.165, 1.54) is 34.4 Å². The first kappa shape index (κ1) is 29.5. The van der Waals surface area contributed by atoms with Crippen LogP contribution in [0.2, 0.25) is 10.0 Å². The van der Waals surface area contributed by atoms with E-state index >= 15 is 0 Å². The van der Waals surface area contributed by atoms with Crippen LogP contribution >= 0.6 is 57.6 Å². The molecule has 0 bridgehead atoms. The van der Waals surface area contributed by atoms with E-state index in [4.69, 9.17) is 28.9 Å². The first-order valence-electron chi connectivity index (χ1n) is 12.5. The molecule has 0 saturated heterocycles. The summed E-state index contributed by atoms with van der Waals surface area (Å²) in [6, 6.07) is 7.30. The van der Waals surface area contributed by atoms with Crippen LogP contribution in [0.3, 0.4) is 0 Å². The van der Waals surface area contributed by atoms with Gasteiger partial charge in [0.15, 0.2) is 10.1 Å². The molecule has 1 aliphatic carbocycles. The molecule has 212 valence electrons. The standard InChI is InChI=1S/C26H24Cl2N8O2S3/c1-4-19-32-33-23(40-19)31-18(38)11-39-25-35-34-24(41-25)36-16-8-26(2,3)9-17(37)21(16)20(13(10-29)22(36)30)12-5-6-14(27)15(28)7-12/h5-7,20H,4,8-9,11,30H2,1-3H3,(H,31,33,38). The minimum absolute atomic E-state index is 0.0729. The molecule has 0 saturated carbocycles. The predicted molar refractivity (Wildman–Crippen MR) is 162 cm³/mol. The van der Waals surface area contributed by atoms with Crippen LogP contribution in [-0.4, -0.2) is 37.8 Å². The highest BCUT2D eigenvalue weighted by Gasteiger charge is 2.45. The van der Waals surface area contributed by atoms with Gasteiger partial charge in [-0.25, -0.2) is 0 Å². The molecule has 1 aromatic carbocycles. The van der Waals surface area contributed by atoms with Crippen LogP contribution < -0.4 is 16.0 Å². The summed E-state index contributed by atoms with van der Waals surface area (Å²) in [4.78, 5) is 27.8. The van der Waals surface area contributed by atoms with Crippen molar-refractivity contribution in [2.45, 2.75) is 50.3 Å². The van der Waals surface area contributed by atoms with Crippen molar-refractivity contribution in [3.8, 4) is 6.07 Å². The fourth-order valence-corrected chi connectivity index (χ4v) is 7.52.